The van der Waals surface area contributed by atoms with E-state index in [9.17, 15) is 140 Å². The van der Waals surface area contributed by atoms with Gasteiger partial charge in [-0.05, 0) is 230 Å². The molecule has 44 nitrogen and oxygen atoms in total. The van der Waals surface area contributed by atoms with Gasteiger partial charge in [-0.1, -0.05) is 74.2 Å². The van der Waals surface area contributed by atoms with Crippen LogP contribution in [0.25, 0.3) is 5.76 Å². The van der Waals surface area contributed by atoms with Crippen LogP contribution in [0, 0.1) is 0 Å². The Hall–Kier alpha value is -13.9. The second kappa shape index (κ2) is 50.9. The predicted molar refractivity (Wildman–Crippen MR) is 523 cm³/mol. The number of anilines is 2. The predicted octanol–water partition coefficient (Wildman–Crippen LogP) is 7.57. The fraction of sp³-hybridized carbons (Fsp3) is 0.337. The monoisotopic (exact) mass is 2040 g/mol. The first-order valence-corrected chi connectivity index (χ1v) is 48.5. The number of fused-ring (bicyclic) bond motifs is 8. The van der Waals surface area contributed by atoms with Crippen LogP contribution in [-0.4, -0.2) is 271 Å². The first kappa shape index (κ1) is 114. The van der Waals surface area contributed by atoms with E-state index < -0.39 is 131 Å². The van der Waals surface area contributed by atoms with Gasteiger partial charge in [-0.2, -0.15) is 0 Å². The number of aliphatic hydroxyl groups is 1. The number of carboxylic acid groups (broad SMARTS) is 8. The molecular formula is C89H104B8FN3O41S2. The van der Waals surface area contributed by atoms with E-state index in [1.165, 1.54) is 44.2 Å². The van der Waals surface area contributed by atoms with Crippen molar-refractivity contribution in [1.29, 1.82) is 0 Å². The van der Waals surface area contributed by atoms with E-state index in [-0.39, 0.29) is 143 Å². The normalized spacial score (nSPS) is 14.3. The molecule has 19 N–H and O–H groups in total. The average Bonchev–Trinajstić information content (AvgIpc) is 0.767. The fourth-order valence-electron chi connectivity index (χ4n) is 15.6. The summed E-state index contributed by atoms with van der Waals surface area (Å²) in [5, 5.41) is 158. The zero-order chi connectivity index (χ0) is 106. The Bertz CT molecular complexity index is 6270. The lowest BCUT2D eigenvalue weighted by Crippen LogP contribution is -2.28. The van der Waals surface area contributed by atoms with Gasteiger partial charge < -0.3 is 142 Å². The number of alkyl halides is 1. The topological polar surface area (TPSA) is 695 Å². The van der Waals surface area contributed by atoms with Gasteiger partial charge in [0.15, 0.2) is 5.78 Å². The van der Waals surface area contributed by atoms with Gasteiger partial charge >= 0.3 is 105 Å². The maximum absolute atomic E-state index is 13.3. The van der Waals surface area contributed by atoms with Crippen molar-refractivity contribution in [2.45, 2.75) is 142 Å². The summed E-state index contributed by atoms with van der Waals surface area (Å²) in [7, 11) is -11.4. The van der Waals surface area contributed by atoms with Gasteiger partial charge in [-0.15, -0.1) is 0 Å². The van der Waals surface area contributed by atoms with Crippen LogP contribution in [0.2, 0.25) is 50.6 Å². The number of halogens is 1. The number of nitrogens with zero attached hydrogens (tertiary/aromatic N) is 1. The number of likely N-dealkylation sites (N-methyl/N-ethyl adjacent to an activating group) is 1. The van der Waals surface area contributed by atoms with Crippen molar-refractivity contribution in [2.75, 3.05) is 62.4 Å². The van der Waals surface area contributed by atoms with E-state index in [0.717, 1.165) is 34.8 Å². The standard InChI is InChI=1S/C13H18BNO5.C12H13BO6.C11H12BFO4.C11H11BO5.C11H13BO5.C11H13BO4.2C10H12BNO6S/c1-15(2)7-8-19-10-4-3-9-5-6-14(18)20-12(9)11(10)13(16)17;1-7(14)6-18-9-3-2-8-4-5-13(17)19-11(8)10(9)12(15)16;2*1-6(13)8-3-2-7-4-5-12(16)17-10(7)9(8)11(14)15;1-2-16-8-4-3-7-5-6-12(15)17-10(7)9(8)11(13)14;1-2-7-3-4-8-5-6-12(15)16-10(8)9(7)11(13)14;2*1-19(16,17)12-7-3-2-6-4-5-11(15)18-9(6)8(7)10(13)14/h3-4,18H,5-8H2,1-2H3,(H,16,17);2-3,17H,4-6H2,1H3,(H,15,16);2-3,6,16H,4-5H2,1H3,(H,14,15);2-3,13,16H,1,4-5H2,(H,14,15);3-4,15H,2,5-6H2,1H3,(H,13,14);3-4,15H,2,5-6H2,1H3,(H,13,14);2*2-3,12,15H,4-5H2,1H3,(H,13,14). The third-order valence-electron chi connectivity index (χ3n) is 22.2. The van der Waals surface area contributed by atoms with Crippen LogP contribution in [0.4, 0.5) is 15.8 Å². The second-order valence-corrected chi connectivity index (χ2v) is 36.9. The number of aliphatic hydroxyl groups excluding tert-OH is 1. The van der Waals surface area contributed by atoms with Crippen LogP contribution < -0.4 is 60.9 Å². The highest BCUT2D eigenvalue weighted by Gasteiger charge is 2.39. The average molecular weight is 2040 g/mol. The minimum absolute atomic E-state index is 0.0110. The Morgan fingerprint density at radius 1 is 0.375 bits per heavy atom. The van der Waals surface area contributed by atoms with Crippen molar-refractivity contribution >= 4 is 148 Å². The molecule has 8 aliphatic heterocycles. The van der Waals surface area contributed by atoms with Crippen LogP contribution in [0.5, 0.6) is 63.2 Å². The van der Waals surface area contributed by atoms with Gasteiger partial charge in [-0.25, -0.2) is 59.6 Å². The highest BCUT2D eigenvalue weighted by molar-refractivity contribution is 7.92. The summed E-state index contributed by atoms with van der Waals surface area (Å²) in [6.07, 6.45) is 8.90. The Labute approximate surface area is 827 Å². The summed E-state index contributed by atoms with van der Waals surface area (Å²) >= 11 is 0. The smallest absolute Gasteiger partial charge is 0.522 e. The fourth-order valence-corrected chi connectivity index (χ4v) is 16.8. The summed E-state index contributed by atoms with van der Waals surface area (Å²) < 4.78 is 120. The molecule has 0 fully saturated rings. The lowest BCUT2D eigenvalue weighted by atomic mass is 9.78. The highest BCUT2D eigenvalue weighted by Crippen LogP contribution is 2.44. The molecule has 0 spiro atoms. The molecule has 144 heavy (non-hydrogen) atoms. The van der Waals surface area contributed by atoms with Crippen molar-refractivity contribution in [2.24, 2.45) is 0 Å². The van der Waals surface area contributed by atoms with E-state index in [1.54, 1.807) is 61.5 Å². The van der Waals surface area contributed by atoms with Crippen molar-refractivity contribution in [3.05, 3.63) is 209 Å². The molecule has 764 valence electrons. The van der Waals surface area contributed by atoms with Crippen LogP contribution in [0.3, 0.4) is 0 Å². The molecule has 0 saturated carbocycles. The number of sulfonamides is 2. The van der Waals surface area contributed by atoms with E-state index in [2.05, 4.69) is 16.0 Å². The molecular weight excluding hydrogens is 1940 g/mol. The first-order chi connectivity index (χ1) is 67.8. The van der Waals surface area contributed by atoms with Crippen molar-refractivity contribution < 1.29 is 202 Å². The maximum Gasteiger partial charge on any atom is 0.522 e. The number of carbonyl (C=O) groups excluding carboxylic acids is 1. The number of rotatable bonds is 24. The second-order valence-electron chi connectivity index (χ2n) is 33.4. The SMILES string of the molecule is C=C(O)c1ccc2c(c1C(=O)O)OB(O)CC2.CC(=O)COc1ccc2c(c1C(=O)O)OB(O)CC2.CC(F)c1ccc2c(c1C(=O)O)OB(O)CC2.CCOc1ccc2c(c1C(=O)O)OB(O)CC2.CCc1ccc2c(c1C(=O)O)OB(O)CC2.CN(C)CCOc1ccc2c(c1C(=O)O)OB(O)CC2.CS(=O)(=O)Nc1ccc2c(c1C(=O)O)OB(O)CC2.CS(=O)(=O)Nc1ccc2c(c1C(=O)O)OB(O)CC2. The Balaban J connectivity index is 0.000000184. The number of carbonyl (C=O) groups is 9. The number of ether oxygens (including phenoxy) is 3. The number of nitrogens with one attached hydrogen (secondary N) is 2. The Morgan fingerprint density at radius 2 is 0.632 bits per heavy atom. The summed E-state index contributed by atoms with van der Waals surface area (Å²) in [6, 6.07) is 26.0. The molecule has 8 aliphatic rings. The van der Waals surface area contributed by atoms with Crippen LogP contribution in [0.1, 0.15) is 178 Å². The molecule has 0 amide bonds. The third kappa shape index (κ3) is 30.6. The molecule has 8 aromatic rings. The van der Waals surface area contributed by atoms with E-state index >= 15 is 0 Å². The van der Waals surface area contributed by atoms with Gasteiger partial charge in [0.2, 0.25) is 20.0 Å². The molecule has 0 radical (unpaired) electrons. The van der Waals surface area contributed by atoms with Crippen LogP contribution in [-0.2, 0) is 82.6 Å². The minimum Gasteiger partial charge on any atom is -0.535 e. The quantitative estimate of drug-likeness (QED) is 0.0205. The summed E-state index contributed by atoms with van der Waals surface area (Å²) in [6.45, 7) is 10.8. The number of Topliss-reactive ketones (excluding diaryl/α,β-unsaturated/α-hetero) is 1. The zero-order valence-corrected chi connectivity index (χ0v) is 80.7. The maximum atomic E-state index is 13.3. The summed E-state index contributed by atoms with van der Waals surface area (Å²) in [5.41, 5.74) is 5.63. The van der Waals surface area contributed by atoms with Gasteiger partial charge in [0.05, 0.1) is 30.5 Å². The van der Waals surface area contributed by atoms with Crippen molar-refractivity contribution in [3.8, 4) is 63.2 Å². The number of benzene rings is 8. The molecule has 8 heterocycles. The molecule has 0 bridgehead atoms. The lowest BCUT2D eigenvalue weighted by molar-refractivity contribution is -0.119. The molecule has 1 atom stereocenters. The molecule has 0 aliphatic carbocycles. The van der Waals surface area contributed by atoms with Gasteiger partial charge in [0.25, 0.3) is 0 Å². The molecule has 1 unspecified atom stereocenters. The van der Waals surface area contributed by atoms with Crippen molar-refractivity contribution in [3.63, 3.8) is 0 Å². The first-order valence-electron chi connectivity index (χ1n) is 44.7. The van der Waals surface area contributed by atoms with Crippen molar-refractivity contribution in [1.82, 2.24) is 4.90 Å². The Kier molecular flexibility index (Phi) is 40.2. The number of aryl methyl sites for hydroxylation is 9. The number of aromatic carboxylic acids is 8. The molecule has 8 aromatic carbocycles. The summed E-state index contributed by atoms with van der Waals surface area (Å²) in [4.78, 5) is 103. The Morgan fingerprint density at radius 3 is 0.903 bits per heavy atom. The molecule has 0 aromatic heterocycles. The lowest BCUT2D eigenvalue weighted by Gasteiger charge is -2.23. The minimum atomic E-state index is -3.60. The third-order valence-corrected chi connectivity index (χ3v) is 23.4. The largest absolute Gasteiger partial charge is 0.535 e. The van der Waals surface area contributed by atoms with Gasteiger partial charge in [0, 0.05) is 17.7 Å². The highest BCUT2D eigenvalue weighted by atomic mass is 32.2. The number of ketones is 1. The number of carboxylic acids is 8. The van der Waals surface area contributed by atoms with Crippen LogP contribution in [0.15, 0.2) is 104 Å². The molecule has 0 saturated heterocycles. The number of hydrogen-bond donors (Lipinski definition) is 19. The molecule has 16 rings (SSSR count). The van der Waals surface area contributed by atoms with Crippen LogP contribution >= 0.6 is 0 Å². The van der Waals surface area contributed by atoms with Gasteiger partial charge in [0.1, 0.15) is 133 Å². The van der Waals surface area contributed by atoms with E-state index in [1.807, 2.05) is 38.1 Å². The van der Waals surface area contributed by atoms with E-state index in [0.29, 0.717) is 162 Å². The number of hydrogen-bond acceptors (Lipinski definition) is 34. The molecule has 55 heteroatoms. The summed E-state index contributed by atoms with van der Waals surface area (Å²) in [5.74, 6) is -8.35. The van der Waals surface area contributed by atoms with Gasteiger partial charge in [-0.3, -0.25) is 14.2 Å². The zero-order valence-electron chi connectivity index (χ0n) is 79.0. The van der Waals surface area contributed by atoms with E-state index in [4.69, 9.17) is 61.7 Å².